The second-order valence-electron chi connectivity index (χ2n) is 5.41. The third-order valence-electron chi connectivity index (χ3n) is 4.11. The van der Waals surface area contributed by atoms with E-state index in [1.54, 1.807) is 6.20 Å². The maximum Gasteiger partial charge on any atom is 0.239 e. The van der Waals surface area contributed by atoms with Crippen LogP contribution >= 0.6 is 0 Å². The van der Waals surface area contributed by atoms with Gasteiger partial charge in [0.2, 0.25) is 5.91 Å². The van der Waals surface area contributed by atoms with Gasteiger partial charge in [-0.2, -0.15) is 0 Å². The Morgan fingerprint density at radius 2 is 2.05 bits per heavy atom. The van der Waals surface area contributed by atoms with Gasteiger partial charge in [-0.1, -0.05) is 26.3 Å². The highest BCUT2D eigenvalue weighted by atomic mass is 16.2. The molecule has 110 valence electrons. The van der Waals surface area contributed by atoms with Crippen molar-refractivity contribution in [3.05, 3.63) is 24.4 Å². The van der Waals surface area contributed by atoms with Crippen molar-refractivity contribution in [2.24, 2.45) is 11.7 Å². The van der Waals surface area contributed by atoms with Crippen LogP contribution in [0.25, 0.3) is 0 Å². The molecule has 0 radical (unpaired) electrons. The van der Waals surface area contributed by atoms with Crippen molar-refractivity contribution in [3.8, 4) is 0 Å². The number of carbonyl (C=O) groups excluding carboxylic acids is 1. The molecule has 20 heavy (non-hydrogen) atoms. The molecule has 0 bridgehead atoms. The fourth-order valence-electron chi connectivity index (χ4n) is 2.40. The normalized spacial score (nSPS) is 18.8. The molecule has 2 heterocycles. The molecule has 5 nitrogen and oxygen atoms in total. The first-order valence-electron chi connectivity index (χ1n) is 7.33. The third kappa shape index (κ3) is 3.28. The molecular weight excluding hydrogens is 252 g/mol. The summed E-state index contributed by atoms with van der Waals surface area (Å²) in [6.07, 6.45) is 2.73. The molecule has 2 atom stereocenters. The van der Waals surface area contributed by atoms with Gasteiger partial charge < -0.3 is 15.5 Å². The molecule has 0 aliphatic carbocycles. The van der Waals surface area contributed by atoms with Crippen molar-refractivity contribution < 1.29 is 4.79 Å². The molecule has 5 heteroatoms. The van der Waals surface area contributed by atoms with Gasteiger partial charge in [-0.3, -0.25) is 4.79 Å². The summed E-state index contributed by atoms with van der Waals surface area (Å²) in [6, 6.07) is 5.52. The summed E-state index contributed by atoms with van der Waals surface area (Å²) in [7, 11) is 0. The van der Waals surface area contributed by atoms with Crippen LogP contribution in [-0.4, -0.2) is 48.0 Å². The summed E-state index contributed by atoms with van der Waals surface area (Å²) in [5, 5.41) is 0. The van der Waals surface area contributed by atoms with E-state index in [2.05, 4.69) is 16.8 Å². The number of piperazine rings is 1. The molecule has 2 N–H and O–H groups in total. The lowest BCUT2D eigenvalue weighted by Crippen LogP contribution is -2.54. The zero-order valence-electron chi connectivity index (χ0n) is 12.3. The van der Waals surface area contributed by atoms with Crippen LogP contribution < -0.4 is 10.6 Å². The maximum absolute atomic E-state index is 12.3. The number of pyridine rings is 1. The minimum atomic E-state index is -0.374. The summed E-state index contributed by atoms with van der Waals surface area (Å²) >= 11 is 0. The van der Waals surface area contributed by atoms with Gasteiger partial charge in [-0.05, 0) is 18.1 Å². The summed E-state index contributed by atoms with van der Waals surface area (Å²) in [5.74, 6) is 1.29. The summed E-state index contributed by atoms with van der Waals surface area (Å²) in [4.78, 5) is 20.7. The number of rotatable bonds is 4. The summed E-state index contributed by atoms with van der Waals surface area (Å²) in [6.45, 7) is 7.18. The molecule has 0 aromatic carbocycles. The lowest BCUT2D eigenvalue weighted by molar-refractivity contribution is -0.134. The number of nitrogens with zero attached hydrogens (tertiary/aromatic N) is 3. The number of aromatic nitrogens is 1. The van der Waals surface area contributed by atoms with E-state index in [1.807, 2.05) is 30.0 Å². The van der Waals surface area contributed by atoms with Gasteiger partial charge in [0.25, 0.3) is 0 Å². The topological polar surface area (TPSA) is 62.5 Å². The number of amides is 1. The molecule has 1 aliphatic heterocycles. The number of anilines is 1. The van der Waals surface area contributed by atoms with Crippen molar-refractivity contribution in [2.75, 3.05) is 31.1 Å². The van der Waals surface area contributed by atoms with Gasteiger partial charge in [0.1, 0.15) is 5.82 Å². The van der Waals surface area contributed by atoms with Gasteiger partial charge in [-0.25, -0.2) is 4.98 Å². The van der Waals surface area contributed by atoms with E-state index in [9.17, 15) is 4.79 Å². The first-order valence-corrected chi connectivity index (χ1v) is 7.33. The molecule has 0 spiro atoms. The smallest absolute Gasteiger partial charge is 0.239 e. The Morgan fingerprint density at radius 3 is 2.60 bits per heavy atom. The minimum Gasteiger partial charge on any atom is -0.353 e. The average molecular weight is 276 g/mol. The van der Waals surface area contributed by atoms with Gasteiger partial charge >= 0.3 is 0 Å². The Morgan fingerprint density at radius 1 is 1.35 bits per heavy atom. The summed E-state index contributed by atoms with van der Waals surface area (Å²) < 4.78 is 0. The van der Waals surface area contributed by atoms with Crippen molar-refractivity contribution in [1.82, 2.24) is 9.88 Å². The van der Waals surface area contributed by atoms with Gasteiger partial charge in [0.15, 0.2) is 0 Å². The Hall–Kier alpha value is -1.62. The van der Waals surface area contributed by atoms with Gasteiger partial charge in [0.05, 0.1) is 6.04 Å². The third-order valence-corrected chi connectivity index (χ3v) is 4.11. The molecule has 1 amide bonds. The predicted molar refractivity (Wildman–Crippen MR) is 80.5 cm³/mol. The molecule has 2 unspecified atom stereocenters. The van der Waals surface area contributed by atoms with Crippen LogP contribution in [0.5, 0.6) is 0 Å². The lowest BCUT2D eigenvalue weighted by atomic mass is 9.98. The van der Waals surface area contributed by atoms with E-state index in [4.69, 9.17) is 5.73 Å². The molecular formula is C15H24N4O. The van der Waals surface area contributed by atoms with Crippen LogP contribution in [0.2, 0.25) is 0 Å². The first kappa shape index (κ1) is 14.8. The van der Waals surface area contributed by atoms with Crippen LogP contribution in [0.15, 0.2) is 24.4 Å². The monoisotopic (exact) mass is 276 g/mol. The quantitative estimate of drug-likeness (QED) is 0.894. The first-order chi connectivity index (χ1) is 9.63. The molecule has 1 aliphatic rings. The largest absolute Gasteiger partial charge is 0.353 e. The molecule has 1 fully saturated rings. The fourth-order valence-corrected chi connectivity index (χ4v) is 2.40. The minimum absolute atomic E-state index is 0.0834. The van der Waals surface area contributed by atoms with Crippen molar-refractivity contribution in [3.63, 3.8) is 0 Å². The van der Waals surface area contributed by atoms with E-state index < -0.39 is 0 Å². The molecule has 0 saturated carbocycles. The van der Waals surface area contributed by atoms with E-state index in [0.29, 0.717) is 0 Å². The Bertz CT molecular complexity index is 429. The summed E-state index contributed by atoms with van der Waals surface area (Å²) in [5.41, 5.74) is 6.03. The second-order valence-corrected chi connectivity index (χ2v) is 5.41. The number of carbonyl (C=O) groups is 1. The van der Waals surface area contributed by atoms with Gasteiger partial charge in [0, 0.05) is 32.4 Å². The van der Waals surface area contributed by atoms with Crippen LogP contribution in [0.3, 0.4) is 0 Å². The highest BCUT2D eigenvalue weighted by Crippen LogP contribution is 2.14. The number of hydrogen-bond donors (Lipinski definition) is 1. The van der Waals surface area contributed by atoms with Crippen molar-refractivity contribution in [2.45, 2.75) is 26.3 Å². The molecule has 1 aromatic rings. The van der Waals surface area contributed by atoms with E-state index >= 15 is 0 Å². The zero-order chi connectivity index (χ0) is 14.5. The predicted octanol–water partition coefficient (Wildman–Crippen LogP) is 1.10. The average Bonchev–Trinajstić information content (AvgIpc) is 2.53. The highest BCUT2D eigenvalue weighted by Gasteiger charge is 2.27. The Labute approximate surface area is 120 Å². The zero-order valence-corrected chi connectivity index (χ0v) is 12.3. The van der Waals surface area contributed by atoms with E-state index in [-0.39, 0.29) is 17.9 Å². The fraction of sp³-hybridized carbons (Fsp3) is 0.600. The van der Waals surface area contributed by atoms with Crippen LogP contribution in [0, 0.1) is 5.92 Å². The Kier molecular flexibility index (Phi) is 4.95. The molecule has 2 rings (SSSR count). The van der Waals surface area contributed by atoms with Crippen molar-refractivity contribution in [1.29, 1.82) is 0 Å². The Balaban J connectivity index is 1.90. The molecule has 1 saturated heterocycles. The second kappa shape index (κ2) is 6.70. The van der Waals surface area contributed by atoms with E-state index in [0.717, 1.165) is 38.4 Å². The highest BCUT2D eigenvalue weighted by molar-refractivity contribution is 5.82. The standard InChI is InChI=1S/C15H24N4O/c1-3-12(2)14(16)15(20)19-10-8-18(9-11-19)13-6-4-5-7-17-13/h4-7,12,14H,3,8-11,16H2,1-2H3. The van der Waals surface area contributed by atoms with Gasteiger partial charge in [-0.15, -0.1) is 0 Å². The SMILES string of the molecule is CCC(C)C(N)C(=O)N1CCN(c2ccccn2)CC1. The molecule has 1 aromatic heterocycles. The maximum atomic E-state index is 12.3. The number of nitrogens with two attached hydrogens (primary N) is 1. The van der Waals surface area contributed by atoms with Crippen LogP contribution in [0.1, 0.15) is 20.3 Å². The van der Waals surface area contributed by atoms with E-state index in [1.165, 1.54) is 0 Å². The number of hydrogen-bond acceptors (Lipinski definition) is 4. The lowest BCUT2D eigenvalue weighted by Gasteiger charge is -2.37. The van der Waals surface area contributed by atoms with Crippen LogP contribution in [0.4, 0.5) is 5.82 Å². The van der Waals surface area contributed by atoms with Crippen LogP contribution in [-0.2, 0) is 4.79 Å². The van der Waals surface area contributed by atoms with Crippen molar-refractivity contribution >= 4 is 11.7 Å².